The van der Waals surface area contributed by atoms with Crippen LogP contribution in [0.3, 0.4) is 0 Å². The van der Waals surface area contributed by atoms with E-state index < -0.39 is 18.2 Å². The molecule has 1 unspecified atom stereocenters. The number of hydrogen-bond acceptors (Lipinski definition) is 4. The molecule has 0 aliphatic heterocycles. The van der Waals surface area contributed by atoms with Gasteiger partial charge < -0.3 is 16.6 Å². The molecule has 0 fully saturated rings. The van der Waals surface area contributed by atoms with Gasteiger partial charge in [-0.3, -0.25) is 4.79 Å². The van der Waals surface area contributed by atoms with Crippen LogP contribution < -0.4 is 11.5 Å². The van der Waals surface area contributed by atoms with Crippen molar-refractivity contribution in [1.29, 1.82) is 0 Å². The molecule has 5 N–H and O–H groups in total. The topological polar surface area (TPSA) is 138 Å². The third-order valence-corrected chi connectivity index (χ3v) is 1.29. The lowest BCUT2D eigenvalue weighted by Gasteiger charge is -2.07. The highest BCUT2D eigenvalue weighted by atomic mass is 16.4. The van der Waals surface area contributed by atoms with Crippen molar-refractivity contribution in [2.24, 2.45) is 16.6 Å². The van der Waals surface area contributed by atoms with Crippen molar-refractivity contribution in [2.75, 3.05) is 0 Å². The molecule has 0 aromatic rings. The van der Waals surface area contributed by atoms with Gasteiger partial charge in [-0.05, 0) is 18.4 Å². The summed E-state index contributed by atoms with van der Waals surface area (Å²) in [6.07, 6.45) is -0.215. The van der Waals surface area contributed by atoms with Gasteiger partial charge >= 0.3 is 5.97 Å². The Morgan fingerprint density at radius 1 is 1.58 bits per heavy atom. The number of rotatable bonds is 5. The summed E-state index contributed by atoms with van der Waals surface area (Å²) in [5, 5.41) is 11.5. The molecule has 0 spiro atoms. The number of carboxylic acids is 1. The largest absolute Gasteiger partial charge is 0.480 e. The first-order valence-electron chi connectivity index (χ1n) is 3.36. The molecule has 0 aromatic carbocycles. The lowest BCUT2D eigenvalue weighted by Crippen LogP contribution is -2.32. The fourth-order valence-corrected chi connectivity index (χ4v) is 0.598. The van der Waals surface area contributed by atoms with Crippen LogP contribution >= 0.6 is 0 Å². The van der Waals surface area contributed by atoms with Crippen LogP contribution in [-0.2, 0) is 4.79 Å². The minimum atomic E-state index is -1.08. The Morgan fingerprint density at radius 2 is 2.17 bits per heavy atom. The van der Waals surface area contributed by atoms with Crippen LogP contribution in [0, 0.1) is 0 Å². The summed E-state index contributed by atoms with van der Waals surface area (Å²) < 4.78 is 0. The molecule has 0 saturated carbocycles. The van der Waals surface area contributed by atoms with E-state index in [1.807, 2.05) is 0 Å². The maximum Gasteiger partial charge on any atom is 0.320 e. The van der Waals surface area contributed by atoms with E-state index >= 15 is 0 Å². The van der Waals surface area contributed by atoms with Crippen molar-refractivity contribution >= 4 is 5.97 Å². The van der Waals surface area contributed by atoms with Crippen molar-refractivity contribution in [2.45, 2.75) is 25.0 Å². The summed E-state index contributed by atoms with van der Waals surface area (Å²) in [6.45, 7) is 0. The van der Waals surface area contributed by atoms with Crippen LogP contribution in [0.5, 0.6) is 0 Å². The minimum absolute atomic E-state index is 0.204. The van der Waals surface area contributed by atoms with Gasteiger partial charge in [0.25, 0.3) is 0 Å². The van der Waals surface area contributed by atoms with Gasteiger partial charge in [0.2, 0.25) is 0 Å². The fourth-order valence-electron chi connectivity index (χ4n) is 0.598. The molecule has 0 aliphatic rings. The molecule has 0 aromatic heterocycles. The minimum Gasteiger partial charge on any atom is -0.480 e. The summed E-state index contributed by atoms with van der Waals surface area (Å²) in [5.41, 5.74) is 18.4. The number of nitrogens with zero attached hydrogens (tertiary/aromatic N) is 3. The van der Waals surface area contributed by atoms with Crippen LogP contribution in [0.4, 0.5) is 0 Å². The van der Waals surface area contributed by atoms with Crippen molar-refractivity contribution in [3.8, 4) is 0 Å². The zero-order chi connectivity index (χ0) is 9.56. The predicted molar refractivity (Wildman–Crippen MR) is 42.0 cm³/mol. The summed E-state index contributed by atoms with van der Waals surface area (Å²) in [6, 6.07) is -0.940. The molecule has 0 amide bonds. The van der Waals surface area contributed by atoms with E-state index in [1.165, 1.54) is 0 Å². The van der Waals surface area contributed by atoms with E-state index in [4.69, 9.17) is 22.1 Å². The Kier molecular flexibility index (Phi) is 4.78. The number of hydrogen-bond donors (Lipinski definition) is 3. The van der Waals surface area contributed by atoms with Gasteiger partial charge in [0, 0.05) is 4.91 Å². The quantitative estimate of drug-likeness (QED) is 0.300. The van der Waals surface area contributed by atoms with Gasteiger partial charge in [0.05, 0.1) is 6.17 Å². The Bertz CT molecular complexity index is 192. The zero-order valence-electron chi connectivity index (χ0n) is 6.42. The number of carboxylic acid groups (broad SMARTS) is 1. The fraction of sp³-hybridized carbons (Fsp3) is 0.800. The van der Waals surface area contributed by atoms with E-state index in [2.05, 4.69) is 10.0 Å². The summed E-state index contributed by atoms with van der Waals surface area (Å²) in [4.78, 5) is 12.7. The zero-order valence-corrected chi connectivity index (χ0v) is 6.42. The highest BCUT2D eigenvalue weighted by Crippen LogP contribution is 1.99. The van der Waals surface area contributed by atoms with Crippen LogP contribution in [0.1, 0.15) is 12.8 Å². The Balaban J connectivity index is 3.67. The first-order chi connectivity index (χ1) is 5.57. The second-order valence-electron chi connectivity index (χ2n) is 2.29. The number of aliphatic carboxylic acids is 1. The van der Waals surface area contributed by atoms with Gasteiger partial charge in [0.1, 0.15) is 6.04 Å². The SMILES string of the molecule is [N-]=[N+]=NC(N)CC[C@@H](N)C(=O)O. The van der Waals surface area contributed by atoms with Gasteiger partial charge in [-0.25, -0.2) is 0 Å². The first kappa shape index (κ1) is 10.7. The van der Waals surface area contributed by atoms with E-state index in [0.29, 0.717) is 0 Å². The number of nitrogens with two attached hydrogens (primary N) is 2. The maximum atomic E-state index is 10.2. The Hall–Kier alpha value is -1.30. The van der Waals surface area contributed by atoms with E-state index in [1.54, 1.807) is 0 Å². The molecular formula is C5H11N5O2. The molecule has 7 heteroatoms. The van der Waals surface area contributed by atoms with Crippen molar-refractivity contribution in [3.63, 3.8) is 0 Å². The van der Waals surface area contributed by atoms with Crippen molar-refractivity contribution < 1.29 is 9.90 Å². The molecule has 0 bridgehead atoms. The third-order valence-electron chi connectivity index (χ3n) is 1.29. The average Bonchev–Trinajstić information content (AvgIpc) is 2.00. The van der Waals surface area contributed by atoms with E-state index in [0.717, 1.165) is 0 Å². The molecule has 2 atom stereocenters. The van der Waals surface area contributed by atoms with E-state index in [9.17, 15) is 4.79 Å². The third kappa shape index (κ3) is 4.51. The monoisotopic (exact) mass is 173 g/mol. The first-order valence-corrected chi connectivity index (χ1v) is 3.36. The number of carbonyl (C=O) groups is 1. The molecule has 7 nitrogen and oxygen atoms in total. The van der Waals surface area contributed by atoms with Crippen molar-refractivity contribution in [3.05, 3.63) is 10.4 Å². The van der Waals surface area contributed by atoms with Gasteiger partial charge in [0.15, 0.2) is 0 Å². The molecule has 0 saturated heterocycles. The molecule has 0 aliphatic carbocycles. The van der Waals surface area contributed by atoms with Crippen LogP contribution in [0.2, 0.25) is 0 Å². The Morgan fingerprint density at radius 3 is 2.58 bits per heavy atom. The summed E-state index contributed by atoms with van der Waals surface area (Å²) in [5.74, 6) is -1.08. The van der Waals surface area contributed by atoms with Crippen LogP contribution in [-0.4, -0.2) is 23.3 Å². The lowest BCUT2D eigenvalue weighted by molar-refractivity contribution is -0.138. The number of azide groups is 1. The second kappa shape index (κ2) is 5.36. The Labute approximate surface area is 69.0 Å². The molecular weight excluding hydrogens is 162 g/mol. The maximum absolute atomic E-state index is 10.2. The molecule has 12 heavy (non-hydrogen) atoms. The van der Waals surface area contributed by atoms with Crippen LogP contribution in [0.15, 0.2) is 5.11 Å². The summed E-state index contributed by atoms with van der Waals surface area (Å²) in [7, 11) is 0. The van der Waals surface area contributed by atoms with E-state index in [-0.39, 0.29) is 12.8 Å². The van der Waals surface area contributed by atoms with Gasteiger partial charge in [-0.2, -0.15) is 0 Å². The lowest BCUT2D eigenvalue weighted by atomic mass is 10.1. The van der Waals surface area contributed by atoms with Gasteiger partial charge in [-0.15, -0.1) is 0 Å². The molecule has 0 heterocycles. The standard InChI is InChI=1S/C5H11N5O2/c6-3(5(11)12)1-2-4(7)9-10-8/h3-4H,1-2,6-7H2,(H,11,12)/t3-,4?/m1/s1. The highest BCUT2D eigenvalue weighted by Gasteiger charge is 2.12. The molecule has 0 rings (SSSR count). The second-order valence-corrected chi connectivity index (χ2v) is 2.29. The van der Waals surface area contributed by atoms with Gasteiger partial charge in [-0.1, -0.05) is 5.11 Å². The average molecular weight is 173 g/mol. The molecule has 68 valence electrons. The molecule has 0 radical (unpaired) electrons. The summed E-state index contributed by atoms with van der Waals surface area (Å²) >= 11 is 0. The highest BCUT2D eigenvalue weighted by molar-refractivity contribution is 5.72. The normalized spacial score (nSPS) is 14.5. The smallest absolute Gasteiger partial charge is 0.320 e. The van der Waals surface area contributed by atoms with Crippen molar-refractivity contribution in [1.82, 2.24) is 0 Å². The predicted octanol–water partition coefficient (Wildman–Crippen LogP) is -0.226. The van der Waals surface area contributed by atoms with Crippen LogP contribution in [0.25, 0.3) is 10.4 Å².